The molecule has 2 heterocycles. The Morgan fingerprint density at radius 1 is 1.20 bits per heavy atom. The van der Waals surface area contributed by atoms with Gasteiger partial charge in [-0.25, -0.2) is 0 Å². The quantitative estimate of drug-likeness (QED) is 0.525. The number of aromatic hydroxyl groups is 1. The number of phenolic OH excluding ortho intramolecular Hbond substituents is 1. The lowest BCUT2D eigenvalue weighted by atomic mass is 10.1. The summed E-state index contributed by atoms with van der Waals surface area (Å²) in [6.07, 6.45) is 1.66. The molecule has 0 bridgehead atoms. The van der Waals surface area contributed by atoms with E-state index in [9.17, 15) is 10.3 Å². The Kier molecular flexibility index (Phi) is 2.87. The number of hydrogen-bond donors (Lipinski definition) is 2. The number of benzene rings is 1. The molecule has 0 spiro atoms. The summed E-state index contributed by atoms with van der Waals surface area (Å²) in [6, 6.07) is 10.1. The zero-order valence-electron chi connectivity index (χ0n) is 10.7. The average molecular weight is 268 g/mol. The van der Waals surface area contributed by atoms with Gasteiger partial charge in [0.05, 0.1) is 11.3 Å². The molecule has 0 amide bonds. The van der Waals surface area contributed by atoms with E-state index in [1.165, 1.54) is 12.1 Å². The summed E-state index contributed by atoms with van der Waals surface area (Å²) in [4.78, 5) is 4.26. The van der Waals surface area contributed by atoms with Crippen LogP contribution in [0.2, 0.25) is 0 Å². The van der Waals surface area contributed by atoms with E-state index in [2.05, 4.69) is 10.1 Å². The minimum Gasteiger partial charge on any atom is -0.508 e. The summed E-state index contributed by atoms with van der Waals surface area (Å²) in [6.45, 7) is 1.77. The Bertz CT molecular complexity index is 839. The number of aromatic nitrogens is 1. The maximum Gasteiger partial charge on any atom is 0.140 e. The molecule has 20 heavy (non-hydrogen) atoms. The van der Waals surface area contributed by atoms with Crippen LogP contribution in [0.4, 0.5) is 0 Å². The van der Waals surface area contributed by atoms with E-state index in [1.54, 1.807) is 19.2 Å². The molecule has 0 aliphatic heterocycles. The van der Waals surface area contributed by atoms with Crippen molar-refractivity contribution in [3.63, 3.8) is 0 Å². The molecule has 0 aliphatic carbocycles. The third-order valence-corrected chi connectivity index (χ3v) is 3.09. The lowest BCUT2D eigenvalue weighted by molar-refractivity contribution is 0.302. The molecule has 2 N–H and O–H groups in total. The van der Waals surface area contributed by atoms with Crippen LogP contribution in [0.15, 0.2) is 52.2 Å². The third-order valence-electron chi connectivity index (χ3n) is 3.09. The van der Waals surface area contributed by atoms with Crippen LogP contribution in [-0.2, 0) is 0 Å². The number of pyridine rings is 1. The van der Waals surface area contributed by atoms with E-state index in [-0.39, 0.29) is 5.75 Å². The third kappa shape index (κ3) is 1.89. The van der Waals surface area contributed by atoms with Crippen molar-refractivity contribution in [3.05, 3.63) is 53.7 Å². The topological polar surface area (TPSA) is 78.9 Å². The summed E-state index contributed by atoms with van der Waals surface area (Å²) in [5.74, 6) is 0.657. The number of phenols is 1. The highest BCUT2D eigenvalue weighted by molar-refractivity contribution is 5.82. The Morgan fingerprint density at radius 2 is 2.05 bits per heavy atom. The van der Waals surface area contributed by atoms with Crippen molar-refractivity contribution < 1.29 is 14.7 Å². The van der Waals surface area contributed by atoms with Crippen LogP contribution >= 0.6 is 0 Å². The van der Waals surface area contributed by atoms with E-state index in [1.807, 2.05) is 18.2 Å². The first-order valence-corrected chi connectivity index (χ1v) is 6.06. The van der Waals surface area contributed by atoms with Crippen molar-refractivity contribution >= 4 is 11.0 Å². The molecule has 2 aromatic heterocycles. The predicted octanol–water partition coefficient (Wildman–Crippen LogP) is 2.80. The SMILES string of the molecule is Cc1oc2cc(O)ccc2c(=NO)c1-c1ccccn1. The van der Waals surface area contributed by atoms with Crippen LogP contribution < -0.4 is 5.36 Å². The normalized spacial score (nSPS) is 11.9. The molecule has 3 rings (SSSR count). The second kappa shape index (κ2) is 4.70. The number of rotatable bonds is 1. The maximum atomic E-state index is 9.51. The van der Waals surface area contributed by atoms with Gasteiger partial charge in [0.15, 0.2) is 0 Å². The van der Waals surface area contributed by atoms with E-state index in [0.29, 0.717) is 33.3 Å². The summed E-state index contributed by atoms with van der Waals surface area (Å²) < 4.78 is 5.70. The molecule has 1 aromatic carbocycles. The largest absolute Gasteiger partial charge is 0.508 e. The van der Waals surface area contributed by atoms with Crippen LogP contribution in [-0.4, -0.2) is 15.3 Å². The lowest BCUT2D eigenvalue weighted by Crippen LogP contribution is -2.10. The monoisotopic (exact) mass is 268 g/mol. The van der Waals surface area contributed by atoms with Gasteiger partial charge >= 0.3 is 0 Å². The van der Waals surface area contributed by atoms with Crippen LogP contribution in [0.25, 0.3) is 22.2 Å². The molecular weight excluding hydrogens is 256 g/mol. The van der Waals surface area contributed by atoms with Gasteiger partial charge in [0, 0.05) is 17.6 Å². The van der Waals surface area contributed by atoms with Crippen LogP contribution in [0.5, 0.6) is 5.75 Å². The smallest absolute Gasteiger partial charge is 0.140 e. The minimum atomic E-state index is 0.0927. The van der Waals surface area contributed by atoms with Crippen molar-refractivity contribution in [3.8, 4) is 17.0 Å². The van der Waals surface area contributed by atoms with Gasteiger partial charge in [-0.3, -0.25) is 4.98 Å². The predicted molar refractivity (Wildman–Crippen MR) is 73.2 cm³/mol. The van der Waals surface area contributed by atoms with Crippen molar-refractivity contribution in [2.45, 2.75) is 6.92 Å². The van der Waals surface area contributed by atoms with Crippen molar-refractivity contribution in [1.82, 2.24) is 4.98 Å². The zero-order valence-corrected chi connectivity index (χ0v) is 10.7. The molecule has 0 unspecified atom stereocenters. The van der Waals surface area contributed by atoms with Gasteiger partial charge in [-0.05, 0) is 31.2 Å². The first-order valence-electron chi connectivity index (χ1n) is 6.06. The highest BCUT2D eigenvalue weighted by Crippen LogP contribution is 2.24. The Morgan fingerprint density at radius 3 is 2.75 bits per heavy atom. The van der Waals surface area contributed by atoms with E-state index >= 15 is 0 Å². The minimum absolute atomic E-state index is 0.0927. The fraction of sp³-hybridized carbons (Fsp3) is 0.0667. The number of fused-ring (bicyclic) bond motifs is 1. The zero-order chi connectivity index (χ0) is 14.1. The Labute approximate surface area is 114 Å². The molecule has 0 saturated carbocycles. The number of hydrogen-bond acceptors (Lipinski definition) is 5. The molecule has 0 atom stereocenters. The lowest BCUT2D eigenvalue weighted by Gasteiger charge is -2.08. The van der Waals surface area contributed by atoms with Crippen molar-refractivity contribution in [2.75, 3.05) is 0 Å². The molecule has 5 nitrogen and oxygen atoms in total. The Balaban J connectivity index is 2.45. The Hall–Kier alpha value is -2.82. The van der Waals surface area contributed by atoms with Gasteiger partial charge in [0.25, 0.3) is 0 Å². The first kappa shape index (κ1) is 12.2. The van der Waals surface area contributed by atoms with Crippen molar-refractivity contribution in [2.24, 2.45) is 5.16 Å². The van der Waals surface area contributed by atoms with Crippen LogP contribution in [0.1, 0.15) is 5.76 Å². The van der Waals surface area contributed by atoms with Gasteiger partial charge in [0.2, 0.25) is 0 Å². The van der Waals surface area contributed by atoms with Gasteiger partial charge < -0.3 is 14.7 Å². The molecule has 100 valence electrons. The van der Waals surface area contributed by atoms with E-state index in [0.717, 1.165) is 0 Å². The van der Waals surface area contributed by atoms with Crippen LogP contribution in [0, 0.1) is 6.92 Å². The van der Waals surface area contributed by atoms with Gasteiger partial charge in [-0.1, -0.05) is 11.2 Å². The molecule has 0 saturated heterocycles. The summed E-state index contributed by atoms with van der Waals surface area (Å²) >= 11 is 0. The van der Waals surface area contributed by atoms with E-state index < -0.39 is 0 Å². The highest BCUT2D eigenvalue weighted by Gasteiger charge is 2.13. The standard InChI is InChI=1S/C15H12N2O3/c1-9-14(12-4-2-3-7-16-12)15(17-19)11-6-5-10(18)8-13(11)20-9/h2-8,18-19H,1H3. The molecular formula is C15H12N2O3. The molecule has 0 fully saturated rings. The summed E-state index contributed by atoms with van der Waals surface area (Å²) in [7, 11) is 0. The van der Waals surface area contributed by atoms with Gasteiger partial charge in [-0.15, -0.1) is 0 Å². The van der Waals surface area contributed by atoms with Crippen LogP contribution in [0.3, 0.4) is 0 Å². The fourth-order valence-electron chi connectivity index (χ4n) is 2.22. The van der Waals surface area contributed by atoms with Gasteiger partial charge in [0.1, 0.15) is 22.5 Å². The second-order valence-corrected chi connectivity index (χ2v) is 4.38. The molecule has 5 heteroatoms. The highest BCUT2D eigenvalue weighted by atomic mass is 16.4. The number of aryl methyl sites for hydroxylation is 1. The van der Waals surface area contributed by atoms with Crippen molar-refractivity contribution in [1.29, 1.82) is 0 Å². The summed E-state index contributed by atoms with van der Waals surface area (Å²) in [5.41, 5.74) is 1.75. The molecule has 0 radical (unpaired) electrons. The molecule has 3 aromatic rings. The summed E-state index contributed by atoms with van der Waals surface area (Å²) in [5, 5.41) is 23.2. The molecule has 0 aliphatic rings. The average Bonchev–Trinajstić information content (AvgIpc) is 2.46. The fourth-order valence-corrected chi connectivity index (χ4v) is 2.22. The van der Waals surface area contributed by atoms with E-state index in [4.69, 9.17) is 4.42 Å². The maximum absolute atomic E-state index is 9.51. The van der Waals surface area contributed by atoms with Gasteiger partial charge in [-0.2, -0.15) is 0 Å². The second-order valence-electron chi connectivity index (χ2n) is 4.38. The number of nitrogens with zero attached hydrogens (tertiary/aromatic N) is 2. The first-order chi connectivity index (χ1) is 9.70.